The molecule has 1 heterocycles. The Morgan fingerprint density at radius 1 is 1.17 bits per heavy atom. The molecule has 0 aliphatic carbocycles. The van der Waals surface area contributed by atoms with Crippen LogP contribution < -0.4 is 10.0 Å². The normalized spacial score (nSPS) is 11.3. The molecule has 11 heteroatoms. The van der Waals surface area contributed by atoms with E-state index in [9.17, 15) is 17.6 Å². The molecule has 3 aromatic rings. The third-order valence-electron chi connectivity index (χ3n) is 4.31. The Balaban J connectivity index is 1.58. The number of halogens is 1. The maximum Gasteiger partial charge on any atom is 0.261 e. The Bertz CT molecular complexity index is 1190. The summed E-state index contributed by atoms with van der Waals surface area (Å²) >= 11 is 5.13. The molecule has 0 bridgehead atoms. The minimum atomic E-state index is -3.85. The molecule has 2 aromatic carbocycles. The van der Waals surface area contributed by atoms with Gasteiger partial charge in [-0.2, -0.15) is 5.10 Å². The molecule has 0 fully saturated rings. The smallest absolute Gasteiger partial charge is 0.261 e. The summed E-state index contributed by atoms with van der Waals surface area (Å²) < 4.78 is 42.4. The van der Waals surface area contributed by atoms with E-state index in [1.165, 1.54) is 36.4 Å². The summed E-state index contributed by atoms with van der Waals surface area (Å²) in [7, 11) is -3.85. The van der Waals surface area contributed by atoms with Crippen LogP contribution in [0.5, 0.6) is 0 Å². The van der Waals surface area contributed by atoms with Gasteiger partial charge in [0.05, 0.1) is 4.90 Å². The molecule has 8 nitrogen and oxygen atoms in total. The van der Waals surface area contributed by atoms with Crippen LogP contribution >= 0.6 is 12.2 Å². The molecule has 0 saturated carbocycles. The Morgan fingerprint density at radius 3 is 2.47 bits per heavy atom. The monoisotopic (exact) mass is 449 g/mol. The van der Waals surface area contributed by atoms with E-state index in [0.717, 1.165) is 18.0 Å². The summed E-state index contributed by atoms with van der Waals surface area (Å²) in [6, 6.07) is 10.5. The lowest BCUT2D eigenvalue weighted by molar-refractivity contribution is 0.0954. The minimum Gasteiger partial charge on any atom is -0.352 e. The molecule has 0 aliphatic heterocycles. The van der Waals surface area contributed by atoms with Crippen molar-refractivity contribution in [3.63, 3.8) is 0 Å². The average Bonchev–Trinajstić information content (AvgIpc) is 3.08. The first-order chi connectivity index (χ1) is 14.3. The van der Waals surface area contributed by atoms with Crippen LogP contribution in [0.1, 0.15) is 23.1 Å². The van der Waals surface area contributed by atoms with E-state index in [4.69, 9.17) is 12.2 Å². The van der Waals surface area contributed by atoms with Gasteiger partial charge in [0, 0.05) is 30.8 Å². The van der Waals surface area contributed by atoms with Crippen LogP contribution in [-0.2, 0) is 23.0 Å². The number of aromatic nitrogens is 3. The summed E-state index contributed by atoms with van der Waals surface area (Å²) in [6.07, 6.45) is 0.516. The zero-order valence-electron chi connectivity index (χ0n) is 16.1. The molecule has 3 rings (SSSR count). The van der Waals surface area contributed by atoms with Gasteiger partial charge in [-0.15, -0.1) is 0 Å². The number of sulfonamides is 1. The zero-order valence-corrected chi connectivity index (χ0v) is 17.7. The molecule has 30 heavy (non-hydrogen) atoms. The first-order valence-corrected chi connectivity index (χ1v) is 11.0. The van der Waals surface area contributed by atoms with E-state index in [2.05, 4.69) is 20.2 Å². The number of carbonyl (C=O) groups excluding carboxylic acids is 1. The molecule has 0 radical (unpaired) electrons. The van der Waals surface area contributed by atoms with Gasteiger partial charge in [-0.25, -0.2) is 12.8 Å². The van der Waals surface area contributed by atoms with Crippen molar-refractivity contribution < 1.29 is 17.6 Å². The van der Waals surface area contributed by atoms with Crippen molar-refractivity contribution in [1.29, 1.82) is 0 Å². The summed E-state index contributed by atoms with van der Waals surface area (Å²) in [5, 5.41) is 9.66. The van der Waals surface area contributed by atoms with Crippen LogP contribution in [0.3, 0.4) is 0 Å². The van der Waals surface area contributed by atoms with E-state index in [1.54, 1.807) is 0 Å². The number of hydrogen-bond donors (Lipinski definition) is 3. The first kappa shape index (κ1) is 21.7. The third kappa shape index (κ3) is 5.10. The number of carbonyl (C=O) groups is 1. The van der Waals surface area contributed by atoms with Gasteiger partial charge >= 0.3 is 0 Å². The van der Waals surface area contributed by atoms with Gasteiger partial charge in [0.2, 0.25) is 0 Å². The topological polar surface area (TPSA) is 109 Å². The van der Waals surface area contributed by atoms with Crippen molar-refractivity contribution in [2.75, 3.05) is 11.3 Å². The number of nitrogens with zero attached hydrogens (tertiary/aromatic N) is 2. The first-order valence-electron chi connectivity index (χ1n) is 9.11. The fourth-order valence-corrected chi connectivity index (χ4v) is 4.11. The summed E-state index contributed by atoms with van der Waals surface area (Å²) in [6.45, 7) is 3.02. The van der Waals surface area contributed by atoms with E-state index < -0.39 is 15.8 Å². The Labute approximate surface area is 178 Å². The highest BCUT2D eigenvalue weighted by Gasteiger charge is 2.15. The van der Waals surface area contributed by atoms with Gasteiger partial charge in [-0.3, -0.25) is 14.6 Å². The zero-order chi connectivity index (χ0) is 21.7. The molecule has 0 saturated heterocycles. The van der Waals surface area contributed by atoms with Gasteiger partial charge in [0.1, 0.15) is 11.6 Å². The number of rotatable bonds is 8. The van der Waals surface area contributed by atoms with Crippen LogP contribution in [0, 0.1) is 10.6 Å². The molecule has 158 valence electrons. The van der Waals surface area contributed by atoms with E-state index in [1.807, 2.05) is 11.5 Å². The molecule has 0 atom stereocenters. The second-order valence-electron chi connectivity index (χ2n) is 6.33. The number of anilines is 1. The molecular formula is C19H20FN5O3S2. The average molecular weight is 450 g/mol. The summed E-state index contributed by atoms with van der Waals surface area (Å²) in [4.78, 5) is 12.2. The fraction of sp³-hybridized carbons (Fsp3) is 0.211. The maximum absolute atomic E-state index is 13.0. The quantitative estimate of drug-likeness (QED) is 0.458. The lowest BCUT2D eigenvalue weighted by Crippen LogP contribution is -2.26. The molecular weight excluding hydrogens is 429 g/mol. The second kappa shape index (κ2) is 9.18. The van der Waals surface area contributed by atoms with Crippen molar-refractivity contribution >= 4 is 33.8 Å². The van der Waals surface area contributed by atoms with Crippen LogP contribution in [0.2, 0.25) is 0 Å². The van der Waals surface area contributed by atoms with Gasteiger partial charge in [0.25, 0.3) is 15.9 Å². The predicted octanol–water partition coefficient (Wildman–Crippen LogP) is 2.87. The molecule has 0 spiro atoms. The van der Waals surface area contributed by atoms with Crippen LogP contribution in [-0.4, -0.2) is 35.6 Å². The molecule has 1 amide bonds. The lowest BCUT2D eigenvalue weighted by atomic mass is 10.2. The van der Waals surface area contributed by atoms with Gasteiger partial charge in [0.15, 0.2) is 4.77 Å². The number of aromatic amines is 1. The largest absolute Gasteiger partial charge is 0.352 e. The highest BCUT2D eigenvalue weighted by molar-refractivity contribution is 7.92. The number of amides is 1. The summed E-state index contributed by atoms with van der Waals surface area (Å²) in [5.74, 6) is -0.0563. The summed E-state index contributed by atoms with van der Waals surface area (Å²) in [5.41, 5.74) is 0.670. The SMILES string of the molecule is CCn1c(CCNC(=O)c2ccc(NS(=O)(=O)c3ccc(F)cc3)cc2)n[nH]c1=S. The Hall–Kier alpha value is -3.05. The molecule has 0 aliphatic rings. The molecule has 0 unspecified atom stereocenters. The number of hydrogen-bond acceptors (Lipinski definition) is 5. The Kier molecular flexibility index (Phi) is 6.63. The predicted molar refractivity (Wildman–Crippen MR) is 113 cm³/mol. The van der Waals surface area contributed by atoms with E-state index >= 15 is 0 Å². The van der Waals surface area contributed by atoms with Crippen molar-refractivity contribution in [1.82, 2.24) is 20.1 Å². The standard InChI is InChI=1S/C19H20FN5O3S2/c1-2-25-17(22-23-19(25)29)11-12-21-18(26)13-3-7-15(8-4-13)24-30(27,28)16-9-5-14(20)6-10-16/h3-10,24H,2,11-12H2,1H3,(H,21,26)(H,23,29). The van der Waals surface area contributed by atoms with Crippen molar-refractivity contribution in [2.24, 2.45) is 0 Å². The van der Waals surface area contributed by atoms with Crippen molar-refractivity contribution in [3.05, 3.63) is 70.5 Å². The van der Waals surface area contributed by atoms with Crippen molar-refractivity contribution in [3.8, 4) is 0 Å². The van der Waals surface area contributed by atoms with Gasteiger partial charge < -0.3 is 9.88 Å². The highest BCUT2D eigenvalue weighted by Crippen LogP contribution is 2.17. The lowest BCUT2D eigenvalue weighted by Gasteiger charge is -2.09. The van der Waals surface area contributed by atoms with Gasteiger partial charge in [-0.05, 0) is 67.7 Å². The van der Waals surface area contributed by atoms with E-state index in [-0.39, 0.29) is 16.5 Å². The molecule has 1 aromatic heterocycles. The van der Waals surface area contributed by atoms with Crippen LogP contribution in [0.4, 0.5) is 10.1 Å². The van der Waals surface area contributed by atoms with Crippen molar-refractivity contribution in [2.45, 2.75) is 24.8 Å². The molecule has 3 N–H and O–H groups in total. The Morgan fingerprint density at radius 2 is 1.83 bits per heavy atom. The van der Waals surface area contributed by atoms with Gasteiger partial charge in [-0.1, -0.05) is 0 Å². The minimum absolute atomic E-state index is 0.0596. The fourth-order valence-electron chi connectivity index (χ4n) is 2.77. The maximum atomic E-state index is 13.0. The number of H-pyrrole nitrogens is 1. The number of nitrogens with one attached hydrogen (secondary N) is 3. The highest BCUT2D eigenvalue weighted by atomic mass is 32.2. The van der Waals surface area contributed by atoms with Crippen LogP contribution in [0.15, 0.2) is 53.4 Å². The van der Waals surface area contributed by atoms with E-state index in [0.29, 0.717) is 29.8 Å². The second-order valence-corrected chi connectivity index (χ2v) is 8.40. The third-order valence-corrected chi connectivity index (χ3v) is 6.02. The number of benzene rings is 2. The van der Waals surface area contributed by atoms with Crippen LogP contribution in [0.25, 0.3) is 0 Å².